The molecular formula is C17H27N3O3. The van der Waals surface area contributed by atoms with Gasteiger partial charge in [-0.2, -0.15) is 0 Å². The van der Waals surface area contributed by atoms with Gasteiger partial charge in [0, 0.05) is 22.8 Å². The largest absolute Gasteiger partial charge is 0.348 e. The third-order valence-corrected chi connectivity index (χ3v) is 5.12. The molecule has 0 bridgehead atoms. The smallest absolute Gasteiger partial charge is 0.163 e. The average Bonchev–Trinajstić information content (AvgIpc) is 2.88. The maximum atomic E-state index is 12.0. The maximum Gasteiger partial charge on any atom is 0.163 e. The van der Waals surface area contributed by atoms with Crippen molar-refractivity contribution in [2.75, 3.05) is 13.2 Å². The van der Waals surface area contributed by atoms with Gasteiger partial charge in [0.1, 0.15) is 6.29 Å². The van der Waals surface area contributed by atoms with E-state index in [0.29, 0.717) is 13.2 Å². The minimum Gasteiger partial charge on any atom is -0.348 e. The minimum atomic E-state index is -0.584. The van der Waals surface area contributed by atoms with E-state index < -0.39 is 5.79 Å². The lowest BCUT2D eigenvalue weighted by Gasteiger charge is -2.43. The second-order valence-electron chi connectivity index (χ2n) is 7.19. The summed E-state index contributed by atoms with van der Waals surface area (Å²) in [4.78, 5) is 14.8. The highest BCUT2D eigenvalue weighted by Crippen LogP contribution is 2.49. The Morgan fingerprint density at radius 2 is 2.26 bits per heavy atom. The summed E-state index contributed by atoms with van der Waals surface area (Å²) in [6, 6.07) is 0. The zero-order valence-corrected chi connectivity index (χ0v) is 14.2. The second-order valence-corrected chi connectivity index (χ2v) is 7.19. The number of carbonyl (C=O) groups is 1. The molecule has 1 aliphatic carbocycles. The van der Waals surface area contributed by atoms with Crippen molar-refractivity contribution in [3.63, 3.8) is 0 Å². The summed E-state index contributed by atoms with van der Waals surface area (Å²) in [5, 5.41) is 3.56. The van der Waals surface area contributed by atoms with Crippen LogP contribution in [-0.2, 0) is 14.3 Å². The molecule has 2 fully saturated rings. The molecule has 1 saturated carbocycles. The van der Waals surface area contributed by atoms with Gasteiger partial charge in [0.2, 0.25) is 0 Å². The number of ether oxygens (including phenoxy) is 2. The predicted octanol–water partition coefficient (Wildman–Crippen LogP) is 4.16. The fourth-order valence-electron chi connectivity index (χ4n) is 3.82. The molecule has 1 heterocycles. The van der Waals surface area contributed by atoms with E-state index in [-0.39, 0.29) is 17.4 Å². The Balaban J connectivity index is 2.08. The van der Waals surface area contributed by atoms with Crippen LogP contribution in [0.3, 0.4) is 0 Å². The normalized spacial score (nSPS) is 33.2. The van der Waals surface area contributed by atoms with Crippen molar-refractivity contribution in [1.82, 2.24) is 0 Å². The molecule has 3 unspecified atom stereocenters. The highest BCUT2D eigenvalue weighted by atomic mass is 16.7. The van der Waals surface area contributed by atoms with Crippen LogP contribution in [-0.4, -0.2) is 31.3 Å². The van der Waals surface area contributed by atoms with Gasteiger partial charge in [0.15, 0.2) is 5.79 Å². The van der Waals surface area contributed by atoms with E-state index in [0.717, 1.165) is 44.8 Å². The first-order valence-corrected chi connectivity index (χ1v) is 8.38. The van der Waals surface area contributed by atoms with Crippen molar-refractivity contribution < 1.29 is 14.3 Å². The molecule has 0 radical (unpaired) electrons. The topological polar surface area (TPSA) is 84.3 Å². The Morgan fingerprint density at radius 3 is 2.87 bits per heavy atom. The van der Waals surface area contributed by atoms with Crippen LogP contribution in [0, 0.1) is 11.3 Å². The number of allylic oxidation sites excluding steroid dienone is 1. The highest BCUT2D eigenvalue weighted by molar-refractivity contribution is 5.61. The summed E-state index contributed by atoms with van der Waals surface area (Å²) in [7, 11) is 0. The van der Waals surface area contributed by atoms with E-state index in [1.165, 1.54) is 5.57 Å². The van der Waals surface area contributed by atoms with Crippen LogP contribution >= 0.6 is 0 Å². The Morgan fingerprint density at radius 1 is 1.48 bits per heavy atom. The summed E-state index contributed by atoms with van der Waals surface area (Å²) in [6.45, 7) is 8.96. The molecule has 0 aromatic rings. The molecule has 0 aromatic carbocycles. The Bertz CT molecular complexity index is 499. The van der Waals surface area contributed by atoms with Gasteiger partial charge >= 0.3 is 0 Å². The van der Waals surface area contributed by atoms with Gasteiger partial charge in [-0.3, -0.25) is 0 Å². The first-order chi connectivity index (χ1) is 10.9. The van der Waals surface area contributed by atoms with Crippen LogP contribution in [0.15, 0.2) is 17.3 Å². The third kappa shape index (κ3) is 4.34. The van der Waals surface area contributed by atoms with Crippen molar-refractivity contribution in [3.8, 4) is 0 Å². The lowest BCUT2D eigenvalue weighted by atomic mass is 9.61. The Kier molecular flexibility index (Phi) is 5.84. The van der Waals surface area contributed by atoms with Gasteiger partial charge in [-0.15, -0.1) is 0 Å². The molecule has 0 N–H and O–H groups in total. The molecule has 1 saturated heterocycles. The molecule has 2 aliphatic rings. The fourth-order valence-corrected chi connectivity index (χ4v) is 3.82. The second kappa shape index (κ2) is 7.47. The van der Waals surface area contributed by atoms with Crippen LogP contribution in [0.4, 0.5) is 0 Å². The van der Waals surface area contributed by atoms with Crippen molar-refractivity contribution in [1.29, 1.82) is 0 Å². The number of aldehydes is 1. The van der Waals surface area contributed by atoms with Crippen LogP contribution in [0.5, 0.6) is 0 Å². The Hall–Kier alpha value is -1.36. The SMILES string of the molecule is C=C1CCC(C=O)(CCCCN=[N+]=[N-])C(C2COC(C)(C)O2)C1. The maximum absolute atomic E-state index is 12.0. The predicted molar refractivity (Wildman–Crippen MR) is 87.7 cm³/mol. The standard InChI is InChI=1S/C17H27N3O3/c1-13-6-8-17(12-21,7-4-5-9-19-20-18)14(10-13)15-11-22-16(2,3)23-15/h12,14-15H,1,4-11H2,2-3H3. The van der Waals surface area contributed by atoms with Crippen LogP contribution in [0.25, 0.3) is 10.4 Å². The van der Waals surface area contributed by atoms with E-state index in [9.17, 15) is 4.79 Å². The van der Waals surface area contributed by atoms with Gasteiger partial charge in [0.05, 0.1) is 12.7 Å². The molecule has 0 spiro atoms. The van der Waals surface area contributed by atoms with Crippen molar-refractivity contribution in [2.24, 2.45) is 16.4 Å². The summed E-state index contributed by atoms with van der Waals surface area (Å²) < 4.78 is 11.8. The highest BCUT2D eigenvalue weighted by Gasteiger charge is 2.49. The summed E-state index contributed by atoms with van der Waals surface area (Å²) in [5.74, 6) is -0.470. The number of carbonyl (C=O) groups excluding carboxylic acids is 1. The minimum absolute atomic E-state index is 0.0654. The van der Waals surface area contributed by atoms with E-state index in [4.69, 9.17) is 15.0 Å². The lowest BCUT2D eigenvalue weighted by molar-refractivity contribution is -0.156. The van der Waals surface area contributed by atoms with Gasteiger partial charge < -0.3 is 14.3 Å². The van der Waals surface area contributed by atoms with Gasteiger partial charge in [-0.05, 0) is 51.5 Å². The zero-order chi connectivity index (χ0) is 16.9. The van der Waals surface area contributed by atoms with Crippen molar-refractivity contribution in [3.05, 3.63) is 22.6 Å². The van der Waals surface area contributed by atoms with Crippen LogP contribution in [0.2, 0.25) is 0 Å². The van der Waals surface area contributed by atoms with E-state index in [1.807, 2.05) is 13.8 Å². The summed E-state index contributed by atoms with van der Waals surface area (Å²) >= 11 is 0. The zero-order valence-electron chi connectivity index (χ0n) is 14.2. The van der Waals surface area contributed by atoms with Crippen LogP contribution in [0.1, 0.15) is 52.4 Å². The van der Waals surface area contributed by atoms with Gasteiger partial charge in [-0.25, -0.2) is 0 Å². The van der Waals surface area contributed by atoms with Gasteiger partial charge in [0.25, 0.3) is 0 Å². The van der Waals surface area contributed by atoms with E-state index >= 15 is 0 Å². The number of hydrogen-bond donors (Lipinski definition) is 0. The first-order valence-electron chi connectivity index (χ1n) is 8.38. The van der Waals surface area contributed by atoms with Crippen molar-refractivity contribution in [2.45, 2.75) is 64.3 Å². The molecule has 6 heteroatoms. The number of nitrogens with zero attached hydrogens (tertiary/aromatic N) is 3. The number of azide groups is 1. The van der Waals surface area contributed by atoms with E-state index in [1.54, 1.807) is 0 Å². The molecule has 1 aliphatic heterocycles. The van der Waals surface area contributed by atoms with Gasteiger partial charge in [-0.1, -0.05) is 23.7 Å². The van der Waals surface area contributed by atoms with Crippen molar-refractivity contribution >= 4 is 6.29 Å². The molecule has 3 atom stereocenters. The number of unbranched alkanes of at least 4 members (excludes halogenated alkanes) is 1. The molecule has 0 amide bonds. The molecule has 6 nitrogen and oxygen atoms in total. The summed E-state index contributed by atoms with van der Waals surface area (Å²) in [6.07, 6.45) is 6.08. The number of hydrogen-bond acceptors (Lipinski definition) is 4. The lowest BCUT2D eigenvalue weighted by Crippen LogP contribution is -2.44. The Labute approximate surface area is 137 Å². The summed E-state index contributed by atoms with van der Waals surface area (Å²) in [5.41, 5.74) is 9.14. The molecule has 23 heavy (non-hydrogen) atoms. The first kappa shape index (κ1) is 18.0. The van der Waals surface area contributed by atoms with Crippen LogP contribution < -0.4 is 0 Å². The quantitative estimate of drug-likeness (QED) is 0.176. The molecule has 0 aromatic heterocycles. The third-order valence-electron chi connectivity index (χ3n) is 5.12. The fraction of sp³-hybridized carbons (Fsp3) is 0.824. The molecule has 2 rings (SSSR count). The van der Waals surface area contributed by atoms with E-state index in [2.05, 4.69) is 16.6 Å². The average molecular weight is 321 g/mol. The number of rotatable bonds is 7. The monoisotopic (exact) mass is 321 g/mol. The molecular weight excluding hydrogens is 294 g/mol. The molecule has 128 valence electrons.